The summed E-state index contributed by atoms with van der Waals surface area (Å²) in [4.78, 5) is 4.94. The van der Waals surface area contributed by atoms with E-state index in [-0.39, 0.29) is 0 Å². The van der Waals surface area contributed by atoms with Crippen molar-refractivity contribution in [2.45, 2.75) is 26.4 Å². The van der Waals surface area contributed by atoms with Crippen molar-refractivity contribution in [2.24, 2.45) is 0 Å². The molecule has 1 atom stereocenters. The molecular formula is C16H25N3O. The van der Waals surface area contributed by atoms with E-state index in [0.717, 1.165) is 51.6 Å². The summed E-state index contributed by atoms with van der Waals surface area (Å²) in [7, 11) is 0. The average Bonchev–Trinajstić information content (AvgIpc) is 2.67. The van der Waals surface area contributed by atoms with Gasteiger partial charge in [-0.3, -0.25) is 4.90 Å². The summed E-state index contributed by atoms with van der Waals surface area (Å²) in [5.41, 5.74) is 2.64. The number of hydrogen-bond acceptors (Lipinski definition) is 4. The monoisotopic (exact) mass is 275 g/mol. The van der Waals surface area contributed by atoms with Crippen molar-refractivity contribution in [1.82, 2.24) is 10.2 Å². The normalized spacial score (nSPS) is 22.4. The van der Waals surface area contributed by atoms with E-state index in [4.69, 9.17) is 4.74 Å². The van der Waals surface area contributed by atoms with Gasteiger partial charge in [-0.2, -0.15) is 0 Å². The van der Waals surface area contributed by atoms with Crippen molar-refractivity contribution in [1.29, 1.82) is 0 Å². The second-order valence-corrected chi connectivity index (χ2v) is 5.60. The molecule has 1 aromatic carbocycles. The van der Waals surface area contributed by atoms with E-state index in [9.17, 15) is 0 Å². The van der Waals surface area contributed by atoms with Gasteiger partial charge in [-0.15, -0.1) is 0 Å². The topological polar surface area (TPSA) is 27.7 Å². The maximum Gasteiger partial charge on any atom is 0.124 e. The summed E-state index contributed by atoms with van der Waals surface area (Å²) >= 11 is 0. The molecule has 4 nitrogen and oxygen atoms in total. The van der Waals surface area contributed by atoms with E-state index in [1.807, 2.05) is 0 Å². The summed E-state index contributed by atoms with van der Waals surface area (Å²) in [6.07, 6.45) is 0. The third kappa shape index (κ3) is 2.63. The molecule has 1 saturated heterocycles. The number of hydrogen-bond donors (Lipinski definition) is 1. The molecule has 0 radical (unpaired) electrons. The molecular weight excluding hydrogens is 250 g/mol. The number of nitrogens with zero attached hydrogens (tertiary/aromatic N) is 2. The number of ether oxygens (including phenoxy) is 1. The van der Waals surface area contributed by atoms with Crippen molar-refractivity contribution in [2.75, 3.05) is 44.2 Å². The molecule has 2 heterocycles. The highest BCUT2D eigenvalue weighted by Crippen LogP contribution is 2.29. The van der Waals surface area contributed by atoms with Gasteiger partial charge < -0.3 is 15.0 Å². The SMILES string of the molecule is CCN(CC)c1ccc2c(c1)CN1CCNCC1CO2. The van der Waals surface area contributed by atoms with Crippen LogP contribution in [-0.4, -0.2) is 50.3 Å². The zero-order valence-electron chi connectivity index (χ0n) is 12.6. The molecule has 1 aromatic rings. The van der Waals surface area contributed by atoms with E-state index in [1.54, 1.807) is 0 Å². The van der Waals surface area contributed by atoms with E-state index in [1.165, 1.54) is 11.3 Å². The Balaban J connectivity index is 1.85. The summed E-state index contributed by atoms with van der Waals surface area (Å²) < 4.78 is 6.02. The van der Waals surface area contributed by atoms with E-state index < -0.39 is 0 Å². The Labute approximate surface area is 121 Å². The molecule has 2 aliphatic rings. The summed E-state index contributed by atoms with van der Waals surface area (Å²) in [5.74, 6) is 1.07. The fourth-order valence-electron chi connectivity index (χ4n) is 3.20. The summed E-state index contributed by atoms with van der Waals surface area (Å²) in [6, 6.07) is 7.16. The smallest absolute Gasteiger partial charge is 0.124 e. The van der Waals surface area contributed by atoms with Crippen LogP contribution in [0.1, 0.15) is 19.4 Å². The van der Waals surface area contributed by atoms with Gasteiger partial charge in [-0.05, 0) is 32.0 Å². The highest BCUT2D eigenvalue weighted by molar-refractivity contribution is 5.53. The Bertz CT molecular complexity index is 459. The molecule has 1 fully saturated rings. The van der Waals surface area contributed by atoms with Crippen LogP contribution in [-0.2, 0) is 6.54 Å². The minimum absolute atomic E-state index is 0.507. The van der Waals surface area contributed by atoms with Gasteiger partial charge in [0.05, 0.1) is 6.04 Å². The highest BCUT2D eigenvalue weighted by atomic mass is 16.5. The van der Waals surface area contributed by atoms with Crippen LogP contribution in [0.5, 0.6) is 5.75 Å². The lowest BCUT2D eigenvalue weighted by molar-refractivity contribution is 0.120. The molecule has 0 saturated carbocycles. The molecule has 2 aliphatic heterocycles. The first-order valence-corrected chi connectivity index (χ1v) is 7.77. The maximum atomic E-state index is 6.02. The van der Waals surface area contributed by atoms with E-state index >= 15 is 0 Å². The lowest BCUT2D eigenvalue weighted by atomic mass is 10.1. The van der Waals surface area contributed by atoms with Crippen LogP contribution in [0, 0.1) is 0 Å². The maximum absolute atomic E-state index is 6.02. The van der Waals surface area contributed by atoms with E-state index in [0.29, 0.717) is 6.04 Å². The van der Waals surface area contributed by atoms with Crippen LogP contribution in [0.3, 0.4) is 0 Å². The standard InChI is InChI=1S/C16H25N3O/c1-3-18(4-2)14-5-6-16-13(9-14)11-19-8-7-17-10-15(19)12-20-16/h5-6,9,15,17H,3-4,7-8,10-12H2,1-2H3. The second kappa shape index (κ2) is 6.02. The Kier molecular flexibility index (Phi) is 4.13. The number of fused-ring (bicyclic) bond motifs is 2. The third-order valence-electron chi connectivity index (χ3n) is 4.45. The van der Waals surface area contributed by atoms with Gasteiger partial charge in [0.2, 0.25) is 0 Å². The lowest BCUT2D eigenvalue weighted by Gasteiger charge is -2.33. The minimum atomic E-state index is 0.507. The number of piperazine rings is 1. The summed E-state index contributed by atoms with van der Waals surface area (Å²) in [6.45, 7) is 11.6. The highest BCUT2D eigenvalue weighted by Gasteiger charge is 2.27. The van der Waals surface area contributed by atoms with Gasteiger partial charge in [0.1, 0.15) is 12.4 Å². The molecule has 20 heavy (non-hydrogen) atoms. The predicted octanol–water partition coefficient (Wildman–Crippen LogP) is 1.70. The molecule has 0 bridgehead atoms. The Morgan fingerprint density at radius 3 is 3.00 bits per heavy atom. The molecule has 0 aliphatic carbocycles. The molecule has 1 unspecified atom stereocenters. The number of benzene rings is 1. The van der Waals surface area contributed by atoms with Crippen molar-refractivity contribution >= 4 is 5.69 Å². The molecule has 1 N–H and O–H groups in total. The van der Waals surface area contributed by atoms with E-state index in [2.05, 4.69) is 47.2 Å². The van der Waals surface area contributed by atoms with Crippen molar-refractivity contribution in [3.05, 3.63) is 23.8 Å². The second-order valence-electron chi connectivity index (χ2n) is 5.60. The minimum Gasteiger partial charge on any atom is -0.492 e. The lowest BCUT2D eigenvalue weighted by Crippen LogP contribution is -2.52. The van der Waals surface area contributed by atoms with Crippen LogP contribution < -0.4 is 15.0 Å². The zero-order valence-corrected chi connectivity index (χ0v) is 12.6. The number of anilines is 1. The molecule has 0 spiro atoms. The summed E-state index contributed by atoms with van der Waals surface area (Å²) in [5, 5.41) is 3.46. The number of rotatable bonds is 3. The first-order chi connectivity index (χ1) is 9.81. The van der Waals surface area contributed by atoms with Gasteiger partial charge in [0, 0.05) is 50.5 Å². The quantitative estimate of drug-likeness (QED) is 0.909. The van der Waals surface area contributed by atoms with Crippen LogP contribution in [0.25, 0.3) is 0 Å². The van der Waals surface area contributed by atoms with Crippen LogP contribution in [0.15, 0.2) is 18.2 Å². The van der Waals surface area contributed by atoms with Gasteiger partial charge in [0.15, 0.2) is 0 Å². The Hall–Kier alpha value is -1.26. The predicted molar refractivity (Wildman–Crippen MR) is 82.6 cm³/mol. The Morgan fingerprint density at radius 1 is 1.35 bits per heavy atom. The first-order valence-electron chi connectivity index (χ1n) is 7.77. The van der Waals surface area contributed by atoms with Gasteiger partial charge in [-0.1, -0.05) is 0 Å². The van der Waals surface area contributed by atoms with Crippen LogP contribution >= 0.6 is 0 Å². The van der Waals surface area contributed by atoms with Gasteiger partial charge in [0.25, 0.3) is 0 Å². The van der Waals surface area contributed by atoms with Crippen LogP contribution in [0.4, 0.5) is 5.69 Å². The molecule has 110 valence electrons. The van der Waals surface area contributed by atoms with Crippen molar-refractivity contribution < 1.29 is 4.74 Å². The fourth-order valence-corrected chi connectivity index (χ4v) is 3.20. The first kappa shape index (κ1) is 13.7. The third-order valence-corrected chi connectivity index (χ3v) is 4.45. The average molecular weight is 275 g/mol. The Morgan fingerprint density at radius 2 is 2.20 bits per heavy atom. The number of nitrogens with one attached hydrogen (secondary N) is 1. The van der Waals surface area contributed by atoms with Crippen molar-refractivity contribution in [3.63, 3.8) is 0 Å². The molecule has 0 amide bonds. The fraction of sp³-hybridized carbons (Fsp3) is 0.625. The van der Waals surface area contributed by atoms with Gasteiger partial charge >= 0.3 is 0 Å². The largest absolute Gasteiger partial charge is 0.492 e. The van der Waals surface area contributed by atoms with Crippen molar-refractivity contribution in [3.8, 4) is 5.75 Å². The zero-order chi connectivity index (χ0) is 13.9. The molecule has 3 rings (SSSR count). The molecule has 0 aromatic heterocycles. The molecule has 4 heteroatoms. The van der Waals surface area contributed by atoms with Crippen LogP contribution in [0.2, 0.25) is 0 Å². The van der Waals surface area contributed by atoms with Gasteiger partial charge in [-0.25, -0.2) is 0 Å².